The first kappa shape index (κ1) is 20.4. The van der Waals surface area contributed by atoms with Gasteiger partial charge in [-0.15, -0.1) is 0 Å². The van der Waals surface area contributed by atoms with Crippen LogP contribution in [-0.2, 0) is 6.54 Å². The Bertz CT molecular complexity index is 1050. The summed E-state index contributed by atoms with van der Waals surface area (Å²) in [5.41, 5.74) is 2.21. The van der Waals surface area contributed by atoms with Crippen LogP contribution in [0.3, 0.4) is 0 Å². The first-order valence-electron chi connectivity index (χ1n) is 9.19. The van der Waals surface area contributed by atoms with Gasteiger partial charge in [0.05, 0.1) is 26.3 Å². The molecule has 1 heterocycles. The largest absolute Gasteiger partial charge is 0.496 e. The minimum absolute atomic E-state index is 0.197. The van der Waals surface area contributed by atoms with Gasteiger partial charge in [0.15, 0.2) is 11.5 Å². The molecule has 0 saturated heterocycles. The Morgan fingerprint density at radius 1 is 1.07 bits per heavy atom. The third kappa shape index (κ3) is 4.39. The number of carbonyl (C=O) groups excluding carboxylic acids is 1. The third-order valence-corrected chi connectivity index (χ3v) is 4.46. The predicted octanol–water partition coefficient (Wildman–Crippen LogP) is 4.03. The standard InChI is InChI=1S/C22H23FN2O4/c1-5-29-20-9-14(6-7-18(20)27-3)12-24-22(26)17-11-19(28-4)16-10-15(23)8-13(2)21(16)25-17/h6-11H,5,12H2,1-4H3,(H,24,26). The van der Waals surface area contributed by atoms with Crippen molar-refractivity contribution in [3.8, 4) is 17.2 Å². The first-order valence-corrected chi connectivity index (χ1v) is 9.19. The van der Waals surface area contributed by atoms with Crippen molar-refractivity contribution in [2.75, 3.05) is 20.8 Å². The summed E-state index contributed by atoms with van der Waals surface area (Å²) in [6.07, 6.45) is 0. The number of fused-ring (bicyclic) bond motifs is 1. The van der Waals surface area contributed by atoms with E-state index in [-0.39, 0.29) is 24.0 Å². The number of carbonyl (C=O) groups is 1. The molecule has 0 bridgehead atoms. The van der Waals surface area contributed by atoms with Gasteiger partial charge < -0.3 is 19.5 Å². The van der Waals surface area contributed by atoms with Crippen LogP contribution >= 0.6 is 0 Å². The fraction of sp³-hybridized carbons (Fsp3) is 0.273. The lowest BCUT2D eigenvalue weighted by Crippen LogP contribution is -2.24. The van der Waals surface area contributed by atoms with Crippen LogP contribution in [0.4, 0.5) is 4.39 Å². The number of halogens is 1. The Balaban J connectivity index is 1.84. The van der Waals surface area contributed by atoms with Gasteiger partial charge in [-0.3, -0.25) is 4.79 Å². The molecule has 0 unspecified atom stereocenters. The van der Waals surface area contributed by atoms with Crippen LogP contribution in [0.25, 0.3) is 10.9 Å². The maximum atomic E-state index is 13.7. The molecule has 1 N–H and O–H groups in total. The van der Waals surface area contributed by atoms with Gasteiger partial charge in [0, 0.05) is 18.0 Å². The normalized spacial score (nSPS) is 10.7. The van der Waals surface area contributed by atoms with Gasteiger partial charge in [-0.05, 0) is 49.2 Å². The van der Waals surface area contributed by atoms with Crippen molar-refractivity contribution in [1.29, 1.82) is 0 Å². The minimum atomic E-state index is -0.378. The number of amides is 1. The second-order valence-electron chi connectivity index (χ2n) is 6.43. The number of ether oxygens (including phenoxy) is 3. The Morgan fingerprint density at radius 2 is 1.83 bits per heavy atom. The summed E-state index contributed by atoms with van der Waals surface area (Å²) in [4.78, 5) is 17.1. The number of nitrogens with zero attached hydrogens (tertiary/aromatic N) is 1. The Kier molecular flexibility index (Phi) is 6.16. The fourth-order valence-electron chi connectivity index (χ4n) is 3.08. The Labute approximate surface area is 168 Å². The number of nitrogens with one attached hydrogen (secondary N) is 1. The summed E-state index contributed by atoms with van der Waals surface area (Å²) in [5.74, 6) is 0.904. The highest BCUT2D eigenvalue weighted by Crippen LogP contribution is 2.29. The van der Waals surface area contributed by atoms with Crippen molar-refractivity contribution in [2.45, 2.75) is 20.4 Å². The summed E-state index contributed by atoms with van der Waals surface area (Å²) in [5, 5.41) is 3.37. The topological polar surface area (TPSA) is 69.7 Å². The van der Waals surface area contributed by atoms with E-state index in [1.807, 2.05) is 19.1 Å². The van der Waals surface area contributed by atoms with Crippen molar-refractivity contribution < 1.29 is 23.4 Å². The van der Waals surface area contributed by atoms with E-state index < -0.39 is 0 Å². The zero-order valence-corrected chi connectivity index (χ0v) is 16.8. The lowest BCUT2D eigenvalue weighted by molar-refractivity contribution is 0.0946. The number of hydrogen-bond donors (Lipinski definition) is 1. The molecule has 152 valence electrons. The van der Waals surface area contributed by atoms with Crippen LogP contribution in [-0.4, -0.2) is 31.7 Å². The van der Waals surface area contributed by atoms with Crippen LogP contribution in [0.5, 0.6) is 17.2 Å². The van der Waals surface area contributed by atoms with Crippen LogP contribution in [0.15, 0.2) is 36.4 Å². The molecule has 0 aliphatic rings. The second-order valence-corrected chi connectivity index (χ2v) is 6.43. The smallest absolute Gasteiger partial charge is 0.270 e. The average Bonchev–Trinajstić information content (AvgIpc) is 2.71. The summed E-state index contributed by atoms with van der Waals surface area (Å²) in [7, 11) is 3.05. The number of hydrogen-bond acceptors (Lipinski definition) is 5. The molecule has 0 aliphatic carbocycles. The van der Waals surface area contributed by atoms with Gasteiger partial charge in [-0.25, -0.2) is 9.37 Å². The predicted molar refractivity (Wildman–Crippen MR) is 108 cm³/mol. The highest BCUT2D eigenvalue weighted by molar-refractivity contribution is 5.97. The van der Waals surface area contributed by atoms with E-state index in [0.717, 1.165) is 5.56 Å². The van der Waals surface area contributed by atoms with Crippen molar-refractivity contribution in [1.82, 2.24) is 10.3 Å². The molecule has 1 amide bonds. The van der Waals surface area contributed by atoms with Crippen LogP contribution in [0.2, 0.25) is 0 Å². The summed E-state index contributed by atoms with van der Waals surface area (Å²) >= 11 is 0. The molecule has 2 aromatic carbocycles. The van der Waals surface area contributed by atoms with Crippen molar-refractivity contribution in [3.63, 3.8) is 0 Å². The minimum Gasteiger partial charge on any atom is -0.496 e. The maximum absolute atomic E-state index is 13.7. The molecule has 29 heavy (non-hydrogen) atoms. The number of benzene rings is 2. The molecular weight excluding hydrogens is 375 g/mol. The molecule has 0 radical (unpaired) electrons. The van der Waals surface area contributed by atoms with Gasteiger partial charge in [-0.2, -0.15) is 0 Å². The second kappa shape index (κ2) is 8.77. The number of aromatic nitrogens is 1. The van der Waals surface area contributed by atoms with E-state index in [1.54, 1.807) is 20.1 Å². The van der Waals surface area contributed by atoms with Crippen molar-refractivity contribution in [3.05, 3.63) is 59.0 Å². The van der Waals surface area contributed by atoms with E-state index >= 15 is 0 Å². The van der Waals surface area contributed by atoms with Crippen LogP contribution < -0.4 is 19.5 Å². The molecule has 0 atom stereocenters. The zero-order chi connectivity index (χ0) is 21.0. The van der Waals surface area contributed by atoms with Gasteiger partial charge >= 0.3 is 0 Å². The zero-order valence-electron chi connectivity index (χ0n) is 16.8. The summed E-state index contributed by atoms with van der Waals surface area (Å²) in [6.45, 7) is 4.42. The van der Waals surface area contributed by atoms with Gasteiger partial charge in [0.1, 0.15) is 17.3 Å². The number of aryl methyl sites for hydroxylation is 1. The monoisotopic (exact) mass is 398 g/mol. The van der Waals surface area contributed by atoms with E-state index in [1.165, 1.54) is 25.3 Å². The highest BCUT2D eigenvalue weighted by atomic mass is 19.1. The van der Waals surface area contributed by atoms with Gasteiger partial charge in [0.2, 0.25) is 0 Å². The molecule has 1 aromatic heterocycles. The number of rotatable bonds is 7. The SMILES string of the molecule is CCOc1cc(CNC(=O)c2cc(OC)c3cc(F)cc(C)c3n2)ccc1OC. The van der Waals surface area contributed by atoms with E-state index in [0.29, 0.717) is 40.3 Å². The highest BCUT2D eigenvalue weighted by Gasteiger charge is 2.15. The molecule has 7 heteroatoms. The third-order valence-electron chi connectivity index (χ3n) is 4.46. The molecule has 0 aliphatic heterocycles. The van der Waals surface area contributed by atoms with Gasteiger partial charge in [-0.1, -0.05) is 6.07 Å². The lowest BCUT2D eigenvalue weighted by atomic mass is 10.1. The Hall–Kier alpha value is -3.35. The molecule has 0 saturated carbocycles. The van der Waals surface area contributed by atoms with Crippen LogP contribution in [0, 0.1) is 12.7 Å². The number of pyridine rings is 1. The van der Waals surface area contributed by atoms with Gasteiger partial charge in [0.25, 0.3) is 5.91 Å². The summed E-state index contributed by atoms with van der Waals surface area (Å²) in [6, 6.07) is 9.70. The number of methoxy groups -OCH3 is 2. The molecular formula is C22H23FN2O4. The van der Waals surface area contributed by atoms with E-state index in [2.05, 4.69) is 10.3 Å². The van der Waals surface area contributed by atoms with Crippen LogP contribution in [0.1, 0.15) is 28.5 Å². The molecule has 3 aromatic rings. The van der Waals surface area contributed by atoms with Crippen molar-refractivity contribution >= 4 is 16.8 Å². The first-order chi connectivity index (χ1) is 14.0. The molecule has 0 fully saturated rings. The van der Waals surface area contributed by atoms with E-state index in [9.17, 15) is 9.18 Å². The maximum Gasteiger partial charge on any atom is 0.270 e. The lowest BCUT2D eigenvalue weighted by Gasteiger charge is -2.13. The van der Waals surface area contributed by atoms with E-state index in [4.69, 9.17) is 14.2 Å². The van der Waals surface area contributed by atoms with Crippen molar-refractivity contribution in [2.24, 2.45) is 0 Å². The molecule has 0 spiro atoms. The Morgan fingerprint density at radius 3 is 2.52 bits per heavy atom. The summed E-state index contributed by atoms with van der Waals surface area (Å²) < 4.78 is 29.9. The molecule has 3 rings (SSSR count). The average molecular weight is 398 g/mol. The molecule has 6 nitrogen and oxygen atoms in total. The fourth-order valence-corrected chi connectivity index (χ4v) is 3.08. The quantitative estimate of drug-likeness (QED) is 0.651.